The summed E-state index contributed by atoms with van der Waals surface area (Å²) in [5.41, 5.74) is 10.2. The molecule has 1 aromatic heterocycles. The van der Waals surface area contributed by atoms with Crippen molar-refractivity contribution in [3.05, 3.63) is 60.9 Å². The summed E-state index contributed by atoms with van der Waals surface area (Å²) >= 11 is 0. The minimum atomic E-state index is 0.830. The van der Waals surface area contributed by atoms with E-state index in [1.165, 1.54) is 75.8 Å². The van der Waals surface area contributed by atoms with Crippen LogP contribution < -0.4 is 20.1 Å². The van der Waals surface area contributed by atoms with Crippen molar-refractivity contribution >= 4 is 28.7 Å². The van der Waals surface area contributed by atoms with Crippen molar-refractivity contribution in [1.82, 2.24) is 4.57 Å². The van der Waals surface area contributed by atoms with E-state index >= 15 is 0 Å². The van der Waals surface area contributed by atoms with Crippen LogP contribution in [0.3, 0.4) is 0 Å². The van der Waals surface area contributed by atoms with E-state index in [0.29, 0.717) is 0 Å². The molecule has 0 spiro atoms. The summed E-state index contributed by atoms with van der Waals surface area (Å²) in [6, 6.07) is 16.9. The van der Waals surface area contributed by atoms with Crippen molar-refractivity contribution in [2.75, 3.05) is 41.7 Å². The van der Waals surface area contributed by atoms with E-state index in [4.69, 9.17) is 5.73 Å². The number of hydrogen-bond acceptors (Lipinski definition) is 5. The highest BCUT2D eigenvalue weighted by Crippen LogP contribution is 2.31. The average Bonchev–Trinajstić information content (AvgIpc) is 3.11. The van der Waals surface area contributed by atoms with E-state index in [0.717, 1.165) is 42.2 Å². The van der Waals surface area contributed by atoms with Gasteiger partial charge in [0.2, 0.25) is 0 Å². The minimum absolute atomic E-state index is 0.830. The van der Waals surface area contributed by atoms with E-state index in [2.05, 4.69) is 56.4 Å². The molecule has 0 aliphatic carbocycles. The molecule has 2 N–H and O–H groups in total. The summed E-state index contributed by atoms with van der Waals surface area (Å²) < 4.78 is 3.94. The average molecular weight is 515 g/mol. The van der Waals surface area contributed by atoms with Crippen LogP contribution in [0.4, 0.5) is 28.7 Å². The van der Waals surface area contributed by atoms with Crippen LogP contribution in [0.2, 0.25) is 0 Å². The fraction of sp³-hybridized carbons (Fsp3) is 0.516. The Morgan fingerprint density at radius 1 is 0.789 bits per heavy atom. The standard InChI is InChI=1S/C31H44N7/c1-35-23-24-36(2)31(35)34-33-28-10-14-30(15-11-28)37-19-4-7-25(16-20-37)5-3-6-26-17-21-38(22-18-26)29-12-8-27(32)9-13-29/h8-15,23-26H,3-7,16-22,32H2,1-2H3/q+1. The number of nitrogens with two attached hydrogens (primary N) is 1. The summed E-state index contributed by atoms with van der Waals surface area (Å²) in [7, 11) is 3.97. The van der Waals surface area contributed by atoms with Gasteiger partial charge in [-0.1, -0.05) is 24.4 Å². The maximum Gasteiger partial charge on any atom is 0.421 e. The van der Waals surface area contributed by atoms with Gasteiger partial charge in [-0.3, -0.25) is 0 Å². The Bertz CT molecular complexity index is 1150. The molecule has 2 aliphatic rings. The fourth-order valence-electron chi connectivity index (χ4n) is 6.13. The Balaban J connectivity index is 1.03. The van der Waals surface area contributed by atoms with E-state index in [9.17, 15) is 0 Å². The highest BCUT2D eigenvalue weighted by atomic mass is 15.3. The van der Waals surface area contributed by atoms with Gasteiger partial charge in [-0.25, -0.2) is 9.13 Å². The largest absolute Gasteiger partial charge is 0.421 e. The number of azo groups is 1. The Labute approximate surface area is 228 Å². The molecule has 3 aromatic rings. The van der Waals surface area contributed by atoms with Gasteiger partial charge in [0.05, 0.1) is 26.5 Å². The van der Waals surface area contributed by atoms with Crippen molar-refractivity contribution in [2.45, 2.75) is 51.4 Å². The highest BCUT2D eigenvalue weighted by molar-refractivity contribution is 5.54. The van der Waals surface area contributed by atoms with Gasteiger partial charge >= 0.3 is 5.95 Å². The summed E-state index contributed by atoms with van der Waals surface area (Å²) in [5, 5.41) is 8.86. The zero-order chi connectivity index (χ0) is 26.3. The Kier molecular flexibility index (Phi) is 8.61. The van der Waals surface area contributed by atoms with Gasteiger partial charge in [0, 0.05) is 48.4 Å². The lowest BCUT2D eigenvalue weighted by molar-refractivity contribution is -0.657. The van der Waals surface area contributed by atoms with Gasteiger partial charge in [0.1, 0.15) is 5.69 Å². The number of imidazole rings is 1. The smallest absolute Gasteiger partial charge is 0.399 e. The van der Waals surface area contributed by atoms with Crippen molar-refractivity contribution in [1.29, 1.82) is 0 Å². The van der Waals surface area contributed by atoms with Crippen LogP contribution in [0.25, 0.3) is 0 Å². The molecule has 7 heteroatoms. The number of aromatic nitrogens is 2. The molecular formula is C31H44N7+. The zero-order valence-corrected chi connectivity index (χ0v) is 23.2. The summed E-state index contributed by atoms with van der Waals surface area (Å²) in [6.45, 7) is 4.67. The molecule has 0 amide bonds. The molecule has 1 atom stereocenters. The number of nitrogen functional groups attached to an aromatic ring is 1. The Morgan fingerprint density at radius 2 is 1.37 bits per heavy atom. The number of rotatable bonds is 8. The first-order valence-electron chi connectivity index (χ1n) is 14.4. The second kappa shape index (κ2) is 12.5. The molecule has 1 unspecified atom stereocenters. The first-order valence-corrected chi connectivity index (χ1v) is 14.4. The van der Waals surface area contributed by atoms with Crippen LogP contribution in [0.15, 0.2) is 71.2 Å². The minimum Gasteiger partial charge on any atom is -0.399 e. The molecule has 2 aliphatic heterocycles. The van der Waals surface area contributed by atoms with Crippen molar-refractivity contribution in [3.63, 3.8) is 0 Å². The molecule has 3 heterocycles. The Hall–Kier alpha value is -3.35. The van der Waals surface area contributed by atoms with Crippen LogP contribution in [-0.4, -0.2) is 30.7 Å². The predicted octanol–water partition coefficient (Wildman–Crippen LogP) is 6.54. The van der Waals surface area contributed by atoms with Gasteiger partial charge in [-0.05, 0) is 92.5 Å². The maximum absolute atomic E-state index is 5.85. The quantitative estimate of drug-likeness (QED) is 0.211. The van der Waals surface area contributed by atoms with Crippen LogP contribution in [-0.2, 0) is 14.1 Å². The van der Waals surface area contributed by atoms with Crippen LogP contribution >= 0.6 is 0 Å². The number of anilines is 3. The molecule has 0 radical (unpaired) electrons. The summed E-state index contributed by atoms with van der Waals surface area (Å²) in [6.07, 6.45) is 14.7. The van der Waals surface area contributed by atoms with E-state index in [1.54, 1.807) is 0 Å². The number of piperidine rings is 1. The predicted molar refractivity (Wildman–Crippen MR) is 156 cm³/mol. The van der Waals surface area contributed by atoms with Crippen LogP contribution in [0.5, 0.6) is 0 Å². The molecule has 0 bridgehead atoms. The topological polar surface area (TPSA) is 66.0 Å². The molecule has 2 saturated heterocycles. The highest BCUT2D eigenvalue weighted by Gasteiger charge is 2.21. The van der Waals surface area contributed by atoms with E-state index in [-0.39, 0.29) is 0 Å². The van der Waals surface area contributed by atoms with E-state index < -0.39 is 0 Å². The van der Waals surface area contributed by atoms with Gasteiger partial charge in [0.15, 0.2) is 0 Å². The molecule has 0 saturated carbocycles. The molecule has 7 nitrogen and oxygen atoms in total. The van der Waals surface area contributed by atoms with Crippen molar-refractivity contribution in [2.24, 2.45) is 36.2 Å². The van der Waals surface area contributed by atoms with Crippen molar-refractivity contribution < 1.29 is 4.57 Å². The monoisotopic (exact) mass is 514 g/mol. The van der Waals surface area contributed by atoms with Gasteiger partial charge in [0.25, 0.3) is 0 Å². The first-order chi connectivity index (χ1) is 18.5. The van der Waals surface area contributed by atoms with Crippen molar-refractivity contribution in [3.8, 4) is 0 Å². The summed E-state index contributed by atoms with van der Waals surface area (Å²) in [5.74, 6) is 2.59. The zero-order valence-electron chi connectivity index (χ0n) is 23.2. The summed E-state index contributed by atoms with van der Waals surface area (Å²) in [4.78, 5) is 5.08. The third-order valence-electron chi connectivity index (χ3n) is 8.56. The number of hydrogen-bond donors (Lipinski definition) is 1. The second-order valence-electron chi connectivity index (χ2n) is 11.3. The third-order valence-corrected chi connectivity index (χ3v) is 8.56. The Morgan fingerprint density at radius 3 is 1.97 bits per heavy atom. The molecule has 38 heavy (non-hydrogen) atoms. The SMILES string of the molecule is Cn1cc[n+](C)c1N=Nc1ccc(N2CCCC(CCCC3CCN(c4ccc(N)cc4)CC3)CC2)cc1. The van der Waals surface area contributed by atoms with Crippen LogP contribution in [0.1, 0.15) is 51.4 Å². The third kappa shape index (κ3) is 6.74. The molecule has 2 fully saturated rings. The van der Waals surface area contributed by atoms with E-state index in [1.807, 2.05) is 47.8 Å². The maximum atomic E-state index is 5.85. The number of nitrogens with zero attached hydrogens (tertiary/aromatic N) is 6. The molecule has 5 rings (SSSR count). The van der Waals surface area contributed by atoms with Crippen LogP contribution in [0, 0.1) is 11.8 Å². The second-order valence-corrected chi connectivity index (χ2v) is 11.3. The van der Waals surface area contributed by atoms with Gasteiger partial charge in [-0.15, -0.1) is 0 Å². The normalized spacial score (nSPS) is 19.3. The number of benzene rings is 2. The molecule has 202 valence electrons. The molecular weight excluding hydrogens is 470 g/mol. The lowest BCUT2D eigenvalue weighted by Gasteiger charge is -2.34. The lowest BCUT2D eigenvalue weighted by Crippen LogP contribution is -2.33. The fourth-order valence-corrected chi connectivity index (χ4v) is 6.13. The lowest BCUT2D eigenvalue weighted by atomic mass is 9.88. The number of aryl methyl sites for hydroxylation is 2. The van der Waals surface area contributed by atoms with Gasteiger partial charge < -0.3 is 15.5 Å². The van der Waals surface area contributed by atoms with Gasteiger partial charge in [-0.2, -0.15) is 0 Å². The first kappa shape index (κ1) is 26.3. The molecule has 2 aromatic carbocycles.